The maximum absolute atomic E-state index is 12.3. The van der Waals surface area contributed by atoms with E-state index in [4.69, 9.17) is 0 Å². The van der Waals surface area contributed by atoms with Crippen molar-refractivity contribution in [3.8, 4) is 0 Å². The topological polar surface area (TPSA) is 29.1 Å². The lowest BCUT2D eigenvalue weighted by Crippen LogP contribution is -2.18. The van der Waals surface area contributed by atoms with Crippen molar-refractivity contribution in [2.75, 3.05) is 0 Å². The van der Waals surface area contributed by atoms with Crippen LogP contribution in [0.15, 0.2) is 24.3 Å². The van der Waals surface area contributed by atoms with Crippen LogP contribution in [0.2, 0.25) is 0 Å². The van der Waals surface area contributed by atoms with Crippen molar-refractivity contribution in [3.63, 3.8) is 0 Å². The molecule has 0 bridgehead atoms. The van der Waals surface area contributed by atoms with Crippen LogP contribution in [0.1, 0.15) is 30.0 Å². The molecule has 1 amide bonds. The van der Waals surface area contributed by atoms with Crippen molar-refractivity contribution in [2.45, 2.75) is 25.1 Å². The van der Waals surface area contributed by atoms with Crippen molar-refractivity contribution >= 4 is 5.91 Å². The maximum atomic E-state index is 12.3. The molecule has 2 rings (SSSR count). The summed E-state index contributed by atoms with van der Waals surface area (Å²) in [5, 5.41) is 2.71. The molecule has 1 aromatic carbocycles. The molecule has 0 radical (unpaired) electrons. The molecule has 1 aromatic rings. The average molecular weight is 229 g/mol. The van der Waals surface area contributed by atoms with Crippen LogP contribution in [0.3, 0.4) is 0 Å². The van der Waals surface area contributed by atoms with Crippen LogP contribution in [-0.2, 0) is 11.0 Å². The van der Waals surface area contributed by atoms with E-state index < -0.39 is 11.7 Å². The number of nitrogens with one attached hydrogen (secondary N) is 1. The van der Waals surface area contributed by atoms with Crippen LogP contribution in [0.5, 0.6) is 0 Å². The Balaban J connectivity index is 2.17. The van der Waals surface area contributed by atoms with Crippen LogP contribution in [0, 0.1) is 0 Å². The predicted molar refractivity (Wildman–Crippen MR) is 51.6 cm³/mol. The summed E-state index contributed by atoms with van der Waals surface area (Å²) in [6.45, 7) is 0. The molecular weight excluding hydrogens is 219 g/mol. The van der Waals surface area contributed by atoms with Gasteiger partial charge in [-0.15, -0.1) is 0 Å². The molecule has 1 saturated heterocycles. The first kappa shape index (κ1) is 11.0. The number of benzene rings is 1. The van der Waals surface area contributed by atoms with E-state index in [1.54, 1.807) is 0 Å². The monoisotopic (exact) mass is 229 g/mol. The fraction of sp³-hybridized carbons (Fsp3) is 0.364. The molecule has 5 heteroatoms. The molecule has 0 saturated carbocycles. The lowest BCUT2D eigenvalue weighted by molar-refractivity contribution is -0.137. The van der Waals surface area contributed by atoms with E-state index >= 15 is 0 Å². The van der Waals surface area contributed by atoms with E-state index in [2.05, 4.69) is 5.32 Å². The molecule has 0 unspecified atom stereocenters. The summed E-state index contributed by atoms with van der Waals surface area (Å²) in [5.74, 6) is -0.0510. The molecule has 16 heavy (non-hydrogen) atoms. The van der Waals surface area contributed by atoms with Gasteiger partial charge >= 0.3 is 6.18 Å². The summed E-state index contributed by atoms with van der Waals surface area (Å²) in [5.41, 5.74) is 0.0550. The first-order chi connectivity index (χ1) is 7.47. The Morgan fingerprint density at radius 3 is 2.25 bits per heavy atom. The normalized spacial score (nSPS) is 20.9. The number of rotatable bonds is 1. The fourth-order valence-electron chi connectivity index (χ4n) is 1.77. The van der Waals surface area contributed by atoms with Gasteiger partial charge in [0.25, 0.3) is 0 Å². The standard InChI is InChI=1S/C11H10F3NO/c12-11(13,14)8-3-1-7(2-4-8)9-5-6-10(16)15-9/h1-4,9H,5-6H2,(H,15,16)/t9-/m1/s1. The van der Waals surface area contributed by atoms with Gasteiger partial charge in [-0.05, 0) is 24.1 Å². The first-order valence-electron chi connectivity index (χ1n) is 4.93. The summed E-state index contributed by atoms with van der Waals surface area (Å²) in [4.78, 5) is 11.0. The van der Waals surface area contributed by atoms with Crippen molar-refractivity contribution in [1.82, 2.24) is 5.32 Å². The SMILES string of the molecule is O=C1CC[C@H](c2ccc(C(F)(F)F)cc2)N1. The van der Waals surface area contributed by atoms with E-state index in [1.165, 1.54) is 12.1 Å². The fourth-order valence-corrected chi connectivity index (χ4v) is 1.77. The Morgan fingerprint density at radius 2 is 1.81 bits per heavy atom. The van der Waals surface area contributed by atoms with E-state index in [0.29, 0.717) is 12.8 Å². The highest BCUT2D eigenvalue weighted by Gasteiger charge is 2.30. The van der Waals surface area contributed by atoms with E-state index in [-0.39, 0.29) is 11.9 Å². The average Bonchev–Trinajstić information content (AvgIpc) is 2.64. The zero-order valence-electron chi connectivity index (χ0n) is 8.34. The quantitative estimate of drug-likeness (QED) is 0.788. The van der Waals surface area contributed by atoms with Crippen LogP contribution in [0.25, 0.3) is 0 Å². The van der Waals surface area contributed by atoms with Crippen LogP contribution < -0.4 is 5.32 Å². The molecule has 0 aliphatic carbocycles. The highest BCUT2D eigenvalue weighted by Crippen LogP contribution is 2.31. The summed E-state index contributed by atoms with van der Waals surface area (Å²) < 4.78 is 36.9. The molecule has 86 valence electrons. The Labute approximate surface area is 90.5 Å². The number of halogens is 3. The molecule has 1 N–H and O–H groups in total. The highest BCUT2D eigenvalue weighted by molar-refractivity contribution is 5.78. The van der Waals surface area contributed by atoms with Crippen molar-refractivity contribution in [3.05, 3.63) is 35.4 Å². The summed E-state index contributed by atoms with van der Waals surface area (Å²) in [6.07, 6.45) is -3.23. The predicted octanol–water partition coefficient (Wildman–Crippen LogP) is 2.66. The van der Waals surface area contributed by atoms with Crippen LogP contribution >= 0.6 is 0 Å². The number of hydrogen-bond acceptors (Lipinski definition) is 1. The molecule has 1 heterocycles. The first-order valence-corrected chi connectivity index (χ1v) is 4.93. The van der Waals surface area contributed by atoms with Gasteiger partial charge in [0.05, 0.1) is 11.6 Å². The second-order valence-corrected chi connectivity index (χ2v) is 3.78. The minimum Gasteiger partial charge on any atom is -0.349 e. The number of amides is 1. The largest absolute Gasteiger partial charge is 0.416 e. The van der Waals surface area contributed by atoms with Crippen LogP contribution in [-0.4, -0.2) is 5.91 Å². The zero-order valence-corrected chi connectivity index (χ0v) is 8.34. The van der Waals surface area contributed by atoms with Gasteiger partial charge in [0, 0.05) is 6.42 Å². The van der Waals surface area contributed by atoms with Gasteiger partial charge in [0.2, 0.25) is 5.91 Å². The second-order valence-electron chi connectivity index (χ2n) is 3.78. The molecule has 1 atom stereocenters. The van der Waals surface area contributed by atoms with Gasteiger partial charge in [-0.25, -0.2) is 0 Å². The third kappa shape index (κ3) is 2.18. The summed E-state index contributed by atoms with van der Waals surface area (Å²) in [7, 11) is 0. The highest BCUT2D eigenvalue weighted by atomic mass is 19.4. The Morgan fingerprint density at radius 1 is 1.19 bits per heavy atom. The summed E-state index contributed by atoms with van der Waals surface area (Å²) in [6, 6.07) is 4.77. The Bertz CT molecular complexity index is 397. The lowest BCUT2D eigenvalue weighted by Gasteiger charge is -2.12. The van der Waals surface area contributed by atoms with Gasteiger partial charge in [-0.1, -0.05) is 12.1 Å². The van der Waals surface area contributed by atoms with Gasteiger partial charge in [0.1, 0.15) is 0 Å². The molecule has 0 spiro atoms. The number of alkyl halides is 3. The maximum Gasteiger partial charge on any atom is 0.416 e. The lowest BCUT2D eigenvalue weighted by atomic mass is 10.0. The van der Waals surface area contributed by atoms with Gasteiger partial charge in [-0.2, -0.15) is 13.2 Å². The van der Waals surface area contributed by atoms with Crippen molar-refractivity contribution in [2.24, 2.45) is 0 Å². The van der Waals surface area contributed by atoms with E-state index in [1.807, 2.05) is 0 Å². The Kier molecular flexibility index (Phi) is 2.61. The molecule has 1 aliphatic rings. The molecule has 1 aliphatic heterocycles. The third-order valence-corrected chi connectivity index (χ3v) is 2.64. The minimum absolute atomic E-state index is 0.0510. The van der Waals surface area contributed by atoms with Gasteiger partial charge in [0.15, 0.2) is 0 Å². The zero-order chi connectivity index (χ0) is 11.8. The van der Waals surface area contributed by atoms with E-state index in [9.17, 15) is 18.0 Å². The minimum atomic E-state index is -4.31. The number of carbonyl (C=O) groups excluding carboxylic acids is 1. The smallest absolute Gasteiger partial charge is 0.349 e. The third-order valence-electron chi connectivity index (χ3n) is 2.64. The van der Waals surface area contributed by atoms with Crippen LogP contribution in [0.4, 0.5) is 13.2 Å². The molecule has 2 nitrogen and oxygen atoms in total. The van der Waals surface area contributed by atoms with Gasteiger partial charge < -0.3 is 5.32 Å². The summed E-state index contributed by atoms with van der Waals surface area (Å²) >= 11 is 0. The Hall–Kier alpha value is -1.52. The van der Waals surface area contributed by atoms with Gasteiger partial charge in [-0.3, -0.25) is 4.79 Å². The van der Waals surface area contributed by atoms with Crippen molar-refractivity contribution in [1.29, 1.82) is 0 Å². The molecule has 0 aromatic heterocycles. The molecule has 1 fully saturated rings. The number of hydrogen-bond donors (Lipinski definition) is 1. The number of carbonyl (C=O) groups is 1. The molecular formula is C11H10F3NO. The van der Waals surface area contributed by atoms with E-state index in [0.717, 1.165) is 17.7 Å². The van der Waals surface area contributed by atoms with Crippen molar-refractivity contribution < 1.29 is 18.0 Å². The second kappa shape index (κ2) is 3.81.